The maximum atomic E-state index is 5.37. The largest absolute Gasteiger partial charge is 0.402 e. The molecular formula is C10H12N4O. The molecule has 0 bridgehead atoms. The van der Waals surface area contributed by atoms with Gasteiger partial charge in [-0.15, -0.1) is 5.10 Å². The molecule has 0 atom stereocenters. The molecule has 15 heavy (non-hydrogen) atoms. The monoisotopic (exact) mass is 204 g/mol. The molecule has 2 aromatic heterocycles. The van der Waals surface area contributed by atoms with Crippen molar-refractivity contribution in [1.82, 2.24) is 15.2 Å². The van der Waals surface area contributed by atoms with Gasteiger partial charge in [0.05, 0.1) is 0 Å². The number of hydrogen-bond donors (Lipinski definition) is 1. The third-order valence-electron chi connectivity index (χ3n) is 2.10. The molecule has 0 spiro atoms. The fourth-order valence-electron chi connectivity index (χ4n) is 1.39. The summed E-state index contributed by atoms with van der Waals surface area (Å²) in [6.45, 7) is 4.17. The molecule has 0 amide bonds. The smallest absolute Gasteiger partial charge is 0.313 e. The van der Waals surface area contributed by atoms with Crippen molar-refractivity contribution >= 4 is 6.01 Å². The summed E-state index contributed by atoms with van der Waals surface area (Å²) in [6, 6.07) is 3.94. The Morgan fingerprint density at radius 2 is 2.13 bits per heavy atom. The second kappa shape index (κ2) is 3.68. The van der Waals surface area contributed by atoms with Gasteiger partial charge in [0.1, 0.15) is 5.69 Å². The van der Waals surface area contributed by atoms with Crippen LogP contribution >= 0.6 is 0 Å². The fraction of sp³-hybridized carbons (Fsp3) is 0.300. The summed E-state index contributed by atoms with van der Waals surface area (Å²) in [4.78, 5) is 4.23. The van der Waals surface area contributed by atoms with Gasteiger partial charge in [-0.1, -0.05) is 25.0 Å². The van der Waals surface area contributed by atoms with Gasteiger partial charge in [0.2, 0.25) is 0 Å². The highest BCUT2D eigenvalue weighted by Crippen LogP contribution is 2.25. The first-order chi connectivity index (χ1) is 7.18. The molecule has 0 aliphatic carbocycles. The van der Waals surface area contributed by atoms with Crippen molar-refractivity contribution in [2.75, 3.05) is 5.73 Å². The average molecular weight is 204 g/mol. The van der Waals surface area contributed by atoms with Crippen LogP contribution in [-0.4, -0.2) is 15.2 Å². The van der Waals surface area contributed by atoms with E-state index in [1.165, 1.54) is 0 Å². The Balaban J connectivity index is 2.52. The second-order valence-corrected chi connectivity index (χ2v) is 3.54. The number of nitrogen functional groups attached to an aromatic ring is 1. The molecule has 5 nitrogen and oxygen atoms in total. The molecule has 0 saturated heterocycles. The van der Waals surface area contributed by atoms with E-state index in [2.05, 4.69) is 29.0 Å². The van der Waals surface area contributed by atoms with Crippen molar-refractivity contribution in [3.8, 4) is 11.6 Å². The molecule has 5 heteroatoms. The lowest BCUT2D eigenvalue weighted by molar-refractivity contribution is 0.586. The molecule has 0 radical (unpaired) electrons. The summed E-state index contributed by atoms with van der Waals surface area (Å²) in [5.41, 5.74) is 7.15. The molecule has 2 aromatic rings. The molecular weight excluding hydrogens is 192 g/mol. The predicted octanol–water partition coefficient (Wildman–Crippen LogP) is 1.84. The summed E-state index contributed by atoms with van der Waals surface area (Å²) in [5, 5.41) is 7.44. The fourth-order valence-corrected chi connectivity index (χ4v) is 1.39. The van der Waals surface area contributed by atoms with Crippen LogP contribution in [0.15, 0.2) is 22.7 Å². The first kappa shape index (κ1) is 9.64. The van der Waals surface area contributed by atoms with E-state index in [0.29, 0.717) is 17.5 Å². The first-order valence-electron chi connectivity index (χ1n) is 4.72. The Bertz CT molecular complexity index is 464. The van der Waals surface area contributed by atoms with Crippen LogP contribution < -0.4 is 5.73 Å². The van der Waals surface area contributed by atoms with E-state index in [0.717, 1.165) is 5.56 Å². The highest BCUT2D eigenvalue weighted by molar-refractivity contribution is 5.53. The lowest BCUT2D eigenvalue weighted by Gasteiger charge is -2.07. The Kier molecular flexibility index (Phi) is 2.37. The van der Waals surface area contributed by atoms with Crippen LogP contribution in [0.4, 0.5) is 6.01 Å². The molecule has 0 aliphatic rings. The van der Waals surface area contributed by atoms with Crippen molar-refractivity contribution in [3.63, 3.8) is 0 Å². The summed E-state index contributed by atoms with van der Waals surface area (Å²) in [7, 11) is 0. The third kappa shape index (κ3) is 1.81. The summed E-state index contributed by atoms with van der Waals surface area (Å²) >= 11 is 0. The van der Waals surface area contributed by atoms with Gasteiger partial charge >= 0.3 is 6.01 Å². The van der Waals surface area contributed by atoms with Gasteiger partial charge in [-0.05, 0) is 17.5 Å². The van der Waals surface area contributed by atoms with Crippen LogP contribution in [0.25, 0.3) is 11.6 Å². The van der Waals surface area contributed by atoms with Crippen LogP contribution in [0.2, 0.25) is 0 Å². The molecule has 2 N–H and O–H groups in total. The SMILES string of the molecule is CC(C)c1cccnc1-c1nnc(N)o1. The quantitative estimate of drug-likeness (QED) is 0.807. The van der Waals surface area contributed by atoms with E-state index in [1.807, 2.05) is 12.1 Å². The summed E-state index contributed by atoms with van der Waals surface area (Å²) < 4.78 is 5.15. The standard InChI is InChI=1S/C10H12N4O/c1-6(2)7-4-3-5-12-8(7)9-13-14-10(11)15-9/h3-6H,1-2H3,(H2,11,14). The van der Waals surface area contributed by atoms with Gasteiger partial charge in [-0.25, -0.2) is 0 Å². The molecule has 2 heterocycles. The Labute approximate surface area is 87.3 Å². The van der Waals surface area contributed by atoms with Gasteiger partial charge in [0, 0.05) is 6.20 Å². The first-order valence-corrected chi connectivity index (χ1v) is 4.72. The van der Waals surface area contributed by atoms with Crippen molar-refractivity contribution < 1.29 is 4.42 Å². The van der Waals surface area contributed by atoms with Crippen LogP contribution in [0.1, 0.15) is 25.3 Å². The van der Waals surface area contributed by atoms with Crippen molar-refractivity contribution in [3.05, 3.63) is 23.9 Å². The van der Waals surface area contributed by atoms with Crippen LogP contribution in [0, 0.1) is 0 Å². The number of pyridine rings is 1. The van der Waals surface area contributed by atoms with Gasteiger partial charge < -0.3 is 10.2 Å². The molecule has 78 valence electrons. The highest BCUT2D eigenvalue weighted by Gasteiger charge is 2.14. The lowest BCUT2D eigenvalue weighted by Crippen LogP contribution is -1.95. The zero-order valence-electron chi connectivity index (χ0n) is 8.64. The summed E-state index contributed by atoms with van der Waals surface area (Å²) in [5.74, 6) is 0.721. The maximum absolute atomic E-state index is 5.37. The number of nitrogens with zero attached hydrogens (tertiary/aromatic N) is 3. The lowest BCUT2D eigenvalue weighted by atomic mass is 10.0. The Hall–Kier alpha value is -1.91. The van der Waals surface area contributed by atoms with Crippen LogP contribution in [-0.2, 0) is 0 Å². The minimum Gasteiger partial charge on any atom is -0.402 e. The molecule has 2 rings (SSSR count). The van der Waals surface area contributed by atoms with E-state index >= 15 is 0 Å². The number of aromatic nitrogens is 3. The van der Waals surface area contributed by atoms with Gasteiger partial charge in [0.25, 0.3) is 5.89 Å². The zero-order chi connectivity index (χ0) is 10.8. The van der Waals surface area contributed by atoms with Crippen molar-refractivity contribution in [2.24, 2.45) is 0 Å². The van der Waals surface area contributed by atoms with E-state index < -0.39 is 0 Å². The molecule has 0 saturated carbocycles. The predicted molar refractivity (Wildman–Crippen MR) is 56.0 cm³/mol. The number of rotatable bonds is 2. The van der Waals surface area contributed by atoms with E-state index in [-0.39, 0.29) is 6.01 Å². The number of hydrogen-bond acceptors (Lipinski definition) is 5. The molecule has 0 fully saturated rings. The Morgan fingerprint density at radius 1 is 1.33 bits per heavy atom. The van der Waals surface area contributed by atoms with E-state index in [1.54, 1.807) is 6.20 Å². The topological polar surface area (TPSA) is 77.8 Å². The maximum Gasteiger partial charge on any atom is 0.313 e. The zero-order valence-corrected chi connectivity index (χ0v) is 8.64. The minimum atomic E-state index is 0.0605. The molecule has 0 unspecified atom stereocenters. The van der Waals surface area contributed by atoms with Gasteiger partial charge in [-0.2, -0.15) is 0 Å². The normalized spacial score (nSPS) is 10.9. The van der Waals surface area contributed by atoms with Crippen molar-refractivity contribution in [2.45, 2.75) is 19.8 Å². The number of nitrogens with two attached hydrogens (primary N) is 1. The molecule has 0 aromatic carbocycles. The van der Waals surface area contributed by atoms with Crippen LogP contribution in [0.3, 0.4) is 0 Å². The number of anilines is 1. The average Bonchev–Trinajstić information content (AvgIpc) is 2.65. The highest BCUT2D eigenvalue weighted by atomic mass is 16.4. The second-order valence-electron chi connectivity index (χ2n) is 3.54. The third-order valence-corrected chi connectivity index (χ3v) is 2.10. The van der Waals surface area contributed by atoms with Crippen LogP contribution in [0.5, 0.6) is 0 Å². The van der Waals surface area contributed by atoms with Gasteiger partial charge in [-0.3, -0.25) is 4.98 Å². The minimum absolute atomic E-state index is 0.0605. The van der Waals surface area contributed by atoms with E-state index in [9.17, 15) is 0 Å². The van der Waals surface area contributed by atoms with E-state index in [4.69, 9.17) is 10.2 Å². The van der Waals surface area contributed by atoms with Gasteiger partial charge in [0.15, 0.2) is 0 Å². The molecule has 0 aliphatic heterocycles. The Morgan fingerprint density at radius 3 is 2.73 bits per heavy atom. The summed E-state index contributed by atoms with van der Waals surface area (Å²) in [6.07, 6.45) is 1.70. The van der Waals surface area contributed by atoms with Crippen molar-refractivity contribution in [1.29, 1.82) is 0 Å².